The number of nitrogens with one attached hydrogen (secondary N) is 2. The molecule has 1 fully saturated rings. The predicted octanol–water partition coefficient (Wildman–Crippen LogP) is 6.15. The molecular weight excluding hydrogens is 598 g/mol. The highest BCUT2D eigenvalue weighted by molar-refractivity contribution is 9.10. The Kier molecular flexibility index (Phi) is 10.1. The van der Waals surface area contributed by atoms with Crippen molar-refractivity contribution in [1.29, 1.82) is 0 Å². The highest BCUT2D eigenvalue weighted by Gasteiger charge is 2.29. The zero-order chi connectivity index (χ0) is 27.8. The molecule has 0 unspecified atom stereocenters. The summed E-state index contributed by atoms with van der Waals surface area (Å²) in [7, 11) is -1.92. The molecule has 0 aliphatic heterocycles. The molecule has 0 radical (unpaired) electrons. The van der Waals surface area contributed by atoms with Crippen molar-refractivity contribution in [3.63, 3.8) is 0 Å². The molecule has 0 bridgehead atoms. The number of rotatable bonds is 9. The second-order valence-corrected chi connectivity index (χ2v) is 12.7. The average molecular weight is 631 g/mol. The summed E-state index contributed by atoms with van der Waals surface area (Å²) in [6.07, 6.45) is 5.83. The van der Waals surface area contributed by atoms with Crippen LogP contribution in [0.25, 0.3) is 0 Å². The summed E-state index contributed by atoms with van der Waals surface area (Å²) in [5.41, 5.74) is 2.17. The number of halogens is 1. The number of anilines is 1. The van der Waals surface area contributed by atoms with Gasteiger partial charge in [-0.2, -0.15) is 4.31 Å². The standard InChI is InChI=1S/C29H32BrN3O4S2/c1-33(24-10-6-3-7-11-24)39(35,36)25-15-13-23(14-16-25)31-29(38)32-28(34)22-12-17-27(26(30)20-22)37-19-18-21-8-4-2-5-9-21/h2,4-5,8-9,12-17,20,24H,3,6-7,10-11,18-19H2,1H3,(H2,31,32,34,38). The Balaban J connectivity index is 1.29. The number of hydrogen-bond acceptors (Lipinski definition) is 5. The number of sulfonamides is 1. The maximum absolute atomic E-state index is 13.1. The fraction of sp³-hybridized carbons (Fsp3) is 0.310. The topological polar surface area (TPSA) is 87.7 Å². The van der Waals surface area contributed by atoms with Crippen molar-refractivity contribution in [2.45, 2.75) is 49.5 Å². The highest BCUT2D eigenvalue weighted by atomic mass is 79.9. The Morgan fingerprint density at radius 2 is 1.72 bits per heavy atom. The van der Waals surface area contributed by atoms with Crippen molar-refractivity contribution in [2.24, 2.45) is 0 Å². The molecule has 1 aliphatic rings. The first kappa shape index (κ1) is 29.2. The van der Waals surface area contributed by atoms with E-state index in [4.69, 9.17) is 17.0 Å². The molecule has 1 aliphatic carbocycles. The third kappa shape index (κ3) is 7.88. The van der Waals surface area contributed by atoms with Gasteiger partial charge in [-0.25, -0.2) is 8.42 Å². The predicted molar refractivity (Wildman–Crippen MR) is 162 cm³/mol. The van der Waals surface area contributed by atoms with Crippen LogP contribution in [0.1, 0.15) is 48.0 Å². The van der Waals surface area contributed by atoms with E-state index in [0.29, 0.717) is 28.1 Å². The minimum atomic E-state index is -3.58. The molecule has 1 saturated carbocycles. The second-order valence-electron chi connectivity index (χ2n) is 9.47. The van der Waals surface area contributed by atoms with E-state index in [-0.39, 0.29) is 22.0 Å². The van der Waals surface area contributed by atoms with Crippen LogP contribution >= 0.6 is 28.1 Å². The fourth-order valence-corrected chi connectivity index (χ4v) is 6.66. The van der Waals surface area contributed by atoms with E-state index in [2.05, 4.69) is 38.7 Å². The van der Waals surface area contributed by atoms with Crippen LogP contribution in [0.15, 0.2) is 82.2 Å². The van der Waals surface area contributed by atoms with E-state index in [9.17, 15) is 13.2 Å². The lowest BCUT2D eigenvalue weighted by atomic mass is 9.96. The van der Waals surface area contributed by atoms with E-state index in [1.165, 1.54) is 9.87 Å². The number of hydrogen-bond donors (Lipinski definition) is 2. The van der Waals surface area contributed by atoms with Crippen LogP contribution < -0.4 is 15.4 Å². The monoisotopic (exact) mass is 629 g/mol. The number of amides is 1. The van der Waals surface area contributed by atoms with Gasteiger partial charge < -0.3 is 10.1 Å². The molecule has 10 heteroatoms. The minimum Gasteiger partial charge on any atom is -0.492 e. The SMILES string of the molecule is CN(C1CCCCC1)S(=O)(=O)c1ccc(NC(=S)NC(=O)c2ccc(OCCc3ccccc3)c(Br)c2)cc1. The highest BCUT2D eigenvalue weighted by Crippen LogP contribution is 2.28. The van der Waals surface area contributed by atoms with Gasteiger partial charge in [0.15, 0.2) is 5.11 Å². The number of nitrogens with zero attached hydrogens (tertiary/aromatic N) is 1. The number of carbonyl (C=O) groups excluding carboxylic acids is 1. The van der Waals surface area contributed by atoms with Gasteiger partial charge in [0.2, 0.25) is 10.0 Å². The van der Waals surface area contributed by atoms with Crippen LogP contribution in [-0.4, -0.2) is 43.4 Å². The largest absolute Gasteiger partial charge is 0.492 e. The van der Waals surface area contributed by atoms with Crippen LogP contribution in [0.3, 0.4) is 0 Å². The molecular formula is C29H32BrN3O4S2. The van der Waals surface area contributed by atoms with Gasteiger partial charge >= 0.3 is 0 Å². The van der Waals surface area contributed by atoms with Gasteiger partial charge in [-0.05, 0) is 89.0 Å². The first-order valence-electron chi connectivity index (χ1n) is 12.9. The molecule has 0 atom stereocenters. The lowest BCUT2D eigenvalue weighted by molar-refractivity contribution is 0.0977. The molecule has 1 amide bonds. The van der Waals surface area contributed by atoms with E-state index in [0.717, 1.165) is 38.5 Å². The van der Waals surface area contributed by atoms with Crippen LogP contribution in [0.5, 0.6) is 5.75 Å². The summed E-state index contributed by atoms with van der Waals surface area (Å²) in [5.74, 6) is 0.268. The zero-order valence-corrected chi connectivity index (χ0v) is 24.9. The Hall–Kier alpha value is -2.79. The number of thiocarbonyl (C=S) groups is 1. The maximum atomic E-state index is 13.1. The van der Waals surface area contributed by atoms with E-state index >= 15 is 0 Å². The Morgan fingerprint density at radius 3 is 2.38 bits per heavy atom. The van der Waals surface area contributed by atoms with E-state index < -0.39 is 10.0 Å². The van der Waals surface area contributed by atoms with Gasteiger partial charge in [0.25, 0.3) is 5.91 Å². The van der Waals surface area contributed by atoms with Gasteiger partial charge in [-0.3, -0.25) is 10.1 Å². The molecule has 39 heavy (non-hydrogen) atoms. The molecule has 7 nitrogen and oxygen atoms in total. The van der Waals surface area contributed by atoms with Gasteiger partial charge in [0.05, 0.1) is 16.0 Å². The lowest BCUT2D eigenvalue weighted by Crippen LogP contribution is -2.38. The molecule has 0 spiro atoms. The van der Waals surface area contributed by atoms with Crippen molar-refractivity contribution in [2.75, 3.05) is 19.0 Å². The molecule has 0 heterocycles. The smallest absolute Gasteiger partial charge is 0.257 e. The lowest BCUT2D eigenvalue weighted by Gasteiger charge is -2.30. The van der Waals surface area contributed by atoms with Crippen LogP contribution in [0.4, 0.5) is 5.69 Å². The zero-order valence-electron chi connectivity index (χ0n) is 21.7. The van der Waals surface area contributed by atoms with Crippen molar-refractivity contribution in [1.82, 2.24) is 9.62 Å². The van der Waals surface area contributed by atoms with E-state index in [1.807, 2.05) is 18.2 Å². The summed E-state index contributed by atoms with van der Waals surface area (Å²) >= 11 is 8.78. The van der Waals surface area contributed by atoms with Crippen LogP contribution in [-0.2, 0) is 16.4 Å². The third-order valence-electron chi connectivity index (χ3n) is 6.79. The molecule has 206 valence electrons. The summed E-state index contributed by atoms with van der Waals surface area (Å²) in [5, 5.41) is 5.70. The van der Waals surface area contributed by atoms with Gasteiger partial charge in [0.1, 0.15) is 5.75 Å². The minimum absolute atomic E-state index is 0.0410. The maximum Gasteiger partial charge on any atom is 0.257 e. The summed E-state index contributed by atoms with van der Waals surface area (Å²) < 4.78 is 34.1. The van der Waals surface area contributed by atoms with Crippen molar-refractivity contribution < 1.29 is 17.9 Å². The second kappa shape index (κ2) is 13.5. The van der Waals surface area contributed by atoms with E-state index in [1.54, 1.807) is 49.5 Å². The summed E-state index contributed by atoms with van der Waals surface area (Å²) in [6.45, 7) is 0.513. The van der Waals surface area contributed by atoms with Crippen molar-refractivity contribution in [3.05, 3.63) is 88.4 Å². The van der Waals surface area contributed by atoms with Gasteiger partial charge in [-0.1, -0.05) is 49.6 Å². The quantitative estimate of drug-likeness (QED) is 0.276. The van der Waals surface area contributed by atoms with Crippen LogP contribution in [0, 0.1) is 0 Å². The average Bonchev–Trinajstić information content (AvgIpc) is 2.94. The molecule has 4 rings (SSSR count). The molecule has 2 N–H and O–H groups in total. The summed E-state index contributed by atoms with van der Waals surface area (Å²) in [6, 6.07) is 21.6. The fourth-order valence-electron chi connectivity index (χ4n) is 4.54. The number of carbonyl (C=O) groups is 1. The molecule has 3 aromatic rings. The first-order chi connectivity index (χ1) is 18.7. The third-order valence-corrected chi connectivity index (χ3v) is 9.54. The Bertz CT molecular complexity index is 1390. The molecule has 3 aromatic carbocycles. The number of ether oxygens (including phenoxy) is 1. The first-order valence-corrected chi connectivity index (χ1v) is 15.5. The molecule has 0 saturated heterocycles. The normalized spacial score (nSPS) is 14.1. The van der Waals surface area contributed by atoms with Crippen molar-refractivity contribution in [3.8, 4) is 5.75 Å². The Labute approximate surface area is 244 Å². The Morgan fingerprint density at radius 1 is 1.03 bits per heavy atom. The summed E-state index contributed by atoms with van der Waals surface area (Å²) in [4.78, 5) is 13.0. The molecule has 0 aromatic heterocycles. The van der Waals surface area contributed by atoms with Crippen LogP contribution in [0.2, 0.25) is 0 Å². The van der Waals surface area contributed by atoms with Crippen molar-refractivity contribution >= 4 is 54.9 Å². The van der Waals surface area contributed by atoms with Gasteiger partial charge in [-0.15, -0.1) is 0 Å². The number of benzene rings is 3. The van der Waals surface area contributed by atoms with Gasteiger partial charge in [0, 0.05) is 30.8 Å².